The van der Waals surface area contributed by atoms with E-state index in [2.05, 4.69) is 35.1 Å². The van der Waals surface area contributed by atoms with E-state index in [9.17, 15) is 0 Å². The summed E-state index contributed by atoms with van der Waals surface area (Å²) < 4.78 is 17.6. The van der Waals surface area contributed by atoms with Gasteiger partial charge in [-0.05, 0) is 44.4 Å². The van der Waals surface area contributed by atoms with Gasteiger partial charge in [-0.15, -0.1) is 0 Å². The molecule has 3 rings (SSSR count). The molecule has 0 aromatic heterocycles. The smallest absolute Gasteiger partial charge is 0.231 e. The molecule has 0 saturated carbocycles. The summed E-state index contributed by atoms with van der Waals surface area (Å²) in [4.78, 5) is 0. The number of nitrogens with one attached hydrogen (secondary N) is 1. The van der Waals surface area contributed by atoms with Crippen LogP contribution in [-0.2, 0) is 11.3 Å². The van der Waals surface area contributed by atoms with Crippen LogP contribution in [0.1, 0.15) is 32.3 Å². The fraction of sp³-hybridized carbons (Fsp3) is 0.600. The Morgan fingerprint density at radius 2 is 2.05 bits per heavy atom. The third kappa shape index (κ3) is 3.10. The Balaban J connectivity index is 1.64. The van der Waals surface area contributed by atoms with Crippen molar-refractivity contribution >= 4 is 15.9 Å². The lowest BCUT2D eigenvalue weighted by atomic mass is 9.94. The number of hydrogen-bond donors (Lipinski definition) is 1. The van der Waals surface area contributed by atoms with Crippen molar-refractivity contribution in [2.75, 3.05) is 13.4 Å². The van der Waals surface area contributed by atoms with Gasteiger partial charge in [0.25, 0.3) is 0 Å². The van der Waals surface area contributed by atoms with Crippen LogP contribution in [0.5, 0.6) is 11.5 Å². The quantitative estimate of drug-likeness (QED) is 0.916. The average Bonchev–Trinajstić information content (AvgIpc) is 2.82. The summed E-state index contributed by atoms with van der Waals surface area (Å²) in [5.74, 6) is 1.64. The Morgan fingerprint density at radius 1 is 1.30 bits per heavy atom. The minimum atomic E-state index is -0.0258. The van der Waals surface area contributed by atoms with Gasteiger partial charge in [0.15, 0.2) is 11.5 Å². The predicted octanol–water partition coefficient (Wildman–Crippen LogP) is 3.23. The molecule has 1 fully saturated rings. The third-order valence-corrected chi connectivity index (χ3v) is 4.56. The van der Waals surface area contributed by atoms with Crippen LogP contribution in [-0.4, -0.2) is 25.0 Å². The highest BCUT2D eigenvalue weighted by Gasteiger charge is 2.28. The topological polar surface area (TPSA) is 39.7 Å². The largest absolute Gasteiger partial charge is 0.454 e. The van der Waals surface area contributed by atoms with E-state index in [4.69, 9.17) is 14.2 Å². The van der Waals surface area contributed by atoms with Gasteiger partial charge in [0, 0.05) is 23.7 Å². The fourth-order valence-electron chi connectivity index (χ4n) is 2.76. The molecule has 110 valence electrons. The second-order valence-corrected chi connectivity index (χ2v) is 6.83. The molecule has 5 heteroatoms. The van der Waals surface area contributed by atoms with E-state index >= 15 is 0 Å². The van der Waals surface area contributed by atoms with Crippen molar-refractivity contribution in [1.29, 1.82) is 0 Å². The number of hydrogen-bond acceptors (Lipinski definition) is 4. The zero-order chi connectivity index (χ0) is 14.2. The zero-order valence-electron chi connectivity index (χ0n) is 11.9. The molecule has 0 amide bonds. The van der Waals surface area contributed by atoms with Gasteiger partial charge in [0.1, 0.15) is 0 Å². The normalized spacial score (nSPS) is 23.9. The standard InChI is InChI=1S/C15H20BrNO3/c1-15(2)7-11(3-4-20-15)17-8-10-5-13-14(6-12(10)16)19-9-18-13/h5-6,11,17H,3-4,7-9H2,1-2H3. The van der Waals surface area contributed by atoms with Gasteiger partial charge >= 0.3 is 0 Å². The molecular weight excluding hydrogens is 322 g/mol. The van der Waals surface area contributed by atoms with E-state index in [1.54, 1.807) is 0 Å². The molecule has 4 nitrogen and oxygen atoms in total. The van der Waals surface area contributed by atoms with Crippen LogP contribution in [0, 0.1) is 0 Å². The van der Waals surface area contributed by atoms with Crippen LogP contribution in [0.4, 0.5) is 0 Å². The molecule has 20 heavy (non-hydrogen) atoms. The molecule has 1 aromatic rings. The summed E-state index contributed by atoms with van der Waals surface area (Å²) in [6.45, 7) is 6.26. The van der Waals surface area contributed by atoms with Gasteiger partial charge in [-0.25, -0.2) is 0 Å². The second kappa shape index (κ2) is 5.54. The van der Waals surface area contributed by atoms with E-state index in [-0.39, 0.29) is 5.60 Å². The van der Waals surface area contributed by atoms with Crippen molar-refractivity contribution in [3.8, 4) is 11.5 Å². The Kier molecular flexibility index (Phi) is 3.93. The molecule has 2 heterocycles. The van der Waals surface area contributed by atoms with Gasteiger partial charge in [-0.1, -0.05) is 15.9 Å². The Morgan fingerprint density at radius 3 is 2.80 bits per heavy atom. The van der Waals surface area contributed by atoms with E-state index < -0.39 is 0 Å². The second-order valence-electron chi connectivity index (χ2n) is 5.98. The Labute approximate surface area is 127 Å². The molecular formula is C15H20BrNO3. The zero-order valence-corrected chi connectivity index (χ0v) is 13.5. The van der Waals surface area contributed by atoms with Crippen molar-refractivity contribution in [2.24, 2.45) is 0 Å². The van der Waals surface area contributed by atoms with Crippen molar-refractivity contribution in [1.82, 2.24) is 5.32 Å². The minimum Gasteiger partial charge on any atom is -0.454 e. The lowest BCUT2D eigenvalue weighted by Gasteiger charge is -2.36. The maximum Gasteiger partial charge on any atom is 0.231 e. The highest BCUT2D eigenvalue weighted by atomic mass is 79.9. The van der Waals surface area contributed by atoms with E-state index in [0.29, 0.717) is 12.8 Å². The summed E-state index contributed by atoms with van der Waals surface area (Å²) in [5.41, 5.74) is 1.17. The number of ether oxygens (including phenoxy) is 3. The molecule has 0 bridgehead atoms. The molecule has 2 aliphatic heterocycles. The monoisotopic (exact) mass is 341 g/mol. The van der Waals surface area contributed by atoms with Crippen LogP contribution in [0.25, 0.3) is 0 Å². The molecule has 0 radical (unpaired) electrons. The van der Waals surface area contributed by atoms with Gasteiger partial charge in [-0.3, -0.25) is 0 Å². The van der Waals surface area contributed by atoms with E-state index in [0.717, 1.165) is 42.0 Å². The molecule has 0 spiro atoms. The molecule has 1 unspecified atom stereocenters. The third-order valence-electron chi connectivity index (χ3n) is 3.82. The SMILES string of the molecule is CC1(C)CC(NCc2cc3c(cc2Br)OCO3)CCO1. The first-order valence-corrected chi connectivity index (χ1v) is 7.78. The van der Waals surface area contributed by atoms with Crippen molar-refractivity contribution < 1.29 is 14.2 Å². The summed E-state index contributed by atoms with van der Waals surface area (Å²) >= 11 is 3.60. The Bertz CT molecular complexity index is 504. The van der Waals surface area contributed by atoms with Gasteiger partial charge < -0.3 is 19.5 Å². The lowest BCUT2D eigenvalue weighted by Crippen LogP contribution is -2.43. The minimum absolute atomic E-state index is 0.0258. The fourth-order valence-corrected chi connectivity index (χ4v) is 3.22. The van der Waals surface area contributed by atoms with Gasteiger partial charge in [0.05, 0.1) is 5.60 Å². The summed E-state index contributed by atoms with van der Waals surface area (Å²) in [5, 5.41) is 3.62. The first-order valence-electron chi connectivity index (χ1n) is 6.99. The predicted molar refractivity (Wildman–Crippen MR) is 80.2 cm³/mol. The van der Waals surface area contributed by atoms with Crippen LogP contribution >= 0.6 is 15.9 Å². The van der Waals surface area contributed by atoms with Gasteiger partial charge in [0.2, 0.25) is 6.79 Å². The lowest BCUT2D eigenvalue weighted by molar-refractivity contribution is -0.0630. The maximum absolute atomic E-state index is 5.75. The number of benzene rings is 1. The molecule has 1 atom stereocenters. The molecule has 1 saturated heterocycles. The molecule has 0 aliphatic carbocycles. The number of halogens is 1. The molecule has 2 aliphatic rings. The van der Waals surface area contributed by atoms with Crippen molar-refractivity contribution in [2.45, 2.75) is 44.9 Å². The Hall–Kier alpha value is -0.780. The van der Waals surface area contributed by atoms with E-state index in [1.165, 1.54) is 5.56 Å². The number of rotatable bonds is 3. The first-order chi connectivity index (χ1) is 9.53. The summed E-state index contributed by atoms with van der Waals surface area (Å²) in [7, 11) is 0. The van der Waals surface area contributed by atoms with Crippen LogP contribution < -0.4 is 14.8 Å². The first kappa shape index (κ1) is 14.2. The van der Waals surface area contributed by atoms with E-state index in [1.807, 2.05) is 12.1 Å². The summed E-state index contributed by atoms with van der Waals surface area (Å²) in [6, 6.07) is 4.52. The van der Waals surface area contributed by atoms with Crippen molar-refractivity contribution in [3.05, 3.63) is 22.2 Å². The molecule has 1 aromatic carbocycles. The van der Waals surface area contributed by atoms with Crippen LogP contribution in [0.3, 0.4) is 0 Å². The summed E-state index contributed by atoms with van der Waals surface area (Å²) in [6.07, 6.45) is 2.10. The van der Waals surface area contributed by atoms with Crippen molar-refractivity contribution in [3.63, 3.8) is 0 Å². The van der Waals surface area contributed by atoms with Crippen LogP contribution in [0.15, 0.2) is 16.6 Å². The van der Waals surface area contributed by atoms with Crippen LogP contribution in [0.2, 0.25) is 0 Å². The average molecular weight is 342 g/mol. The highest BCUT2D eigenvalue weighted by Crippen LogP contribution is 2.37. The highest BCUT2D eigenvalue weighted by molar-refractivity contribution is 9.10. The molecule has 1 N–H and O–H groups in total. The maximum atomic E-state index is 5.75. The number of fused-ring (bicyclic) bond motifs is 1. The van der Waals surface area contributed by atoms with Gasteiger partial charge in [-0.2, -0.15) is 0 Å².